The van der Waals surface area contributed by atoms with Crippen molar-refractivity contribution in [2.75, 3.05) is 5.88 Å². The molecule has 0 radical (unpaired) electrons. The molecular formula is C9H14N2S. The lowest BCUT2D eigenvalue weighted by molar-refractivity contribution is 0.520. The van der Waals surface area contributed by atoms with E-state index in [4.69, 9.17) is 5.73 Å². The van der Waals surface area contributed by atoms with E-state index in [1.54, 1.807) is 0 Å². The van der Waals surface area contributed by atoms with Gasteiger partial charge in [0.1, 0.15) is 0 Å². The van der Waals surface area contributed by atoms with Gasteiger partial charge in [0.25, 0.3) is 0 Å². The minimum absolute atomic E-state index is 0.690. The highest BCUT2D eigenvalue weighted by atomic mass is 32.1. The Morgan fingerprint density at radius 1 is 1.75 bits per heavy atom. The second-order valence-corrected chi connectivity index (χ2v) is 3.05. The first-order chi connectivity index (χ1) is 5.74. The minimum atomic E-state index is 0.690. The smallest absolute Gasteiger partial charge is 0.0650 e. The highest BCUT2D eigenvalue weighted by molar-refractivity contribution is 7.80. The van der Waals surface area contributed by atoms with Gasteiger partial charge in [0.05, 0.1) is 5.88 Å². The Balaban J connectivity index is 2.61. The van der Waals surface area contributed by atoms with E-state index in [-0.39, 0.29) is 0 Å². The van der Waals surface area contributed by atoms with Crippen molar-refractivity contribution in [1.29, 1.82) is 0 Å². The third-order valence-corrected chi connectivity index (χ3v) is 2.01. The average Bonchev–Trinajstić information content (AvgIpc) is 2.04. The van der Waals surface area contributed by atoms with Crippen molar-refractivity contribution in [2.24, 2.45) is 5.73 Å². The van der Waals surface area contributed by atoms with Gasteiger partial charge in [-0.2, -0.15) is 12.6 Å². The number of nitrogens with two attached hydrogens (primary N) is 1. The molecule has 0 aromatic carbocycles. The number of thiol groups is 1. The SMILES string of the molecule is C=C(N)CC1=CCC=CN1CS. The molecule has 0 atom stereocenters. The van der Waals surface area contributed by atoms with Gasteiger partial charge in [-0.15, -0.1) is 0 Å². The molecule has 0 saturated carbocycles. The van der Waals surface area contributed by atoms with Crippen LogP contribution in [0.3, 0.4) is 0 Å². The van der Waals surface area contributed by atoms with Crippen LogP contribution in [0.25, 0.3) is 0 Å². The summed E-state index contributed by atoms with van der Waals surface area (Å²) in [7, 11) is 0. The highest BCUT2D eigenvalue weighted by Gasteiger charge is 2.07. The predicted molar refractivity (Wildman–Crippen MR) is 55.5 cm³/mol. The van der Waals surface area contributed by atoms with Crippen LogP contribution in [-0.2, 0) is 0 Å². The largest absolute Gasteiger partial charge is 0.402 e. The molecule has 1 aliphatic heterocycles. The van der Waals surface area contributed by atoms with Crippen molar-refractivity contribution in [3.8, 4) is 0 Å². The van der Waals surface area contributed by atoms with E-state index in [0.29, 0.717) is 11.6 Å². The summed E-state index contributed by atoms with van der Waals surface area (Å²) >= 11 is 4.21. The van der Waals surface area contributed by atoms with Gasteiger partial charge in [0, 0.05) is 24.0 Å². The third kappa shape index (κ3) is 2.34. The summed E-state index contributed by atoms with van der Waals surface area (Å²) in [4.78, 5) is 2.06. The van der Waals surface area contributed by atoms with Gasteiger partial charge in [-0.05, 0) is 6.42 Å². The van der Waals surface area contributed by atoms with Crippen LogP contribution >= 0.6 is 12.6 Å². The fourth-order valence-corrected chi connectivity index (χ4v) is 1.43. The topological polar surface area (TPSA) is 29.3 Å². The van der Waals surface area contributed by atoms with Crippen molar-refractivity contribution in [1.82, 2.24) is 4.90 Å². The van der Waals surface area contributed by atoms with E-state index in [2.05, 4.69) is 36.3 Å². The minimum Gasteiger partial charge on any atom is -0.402 e. The molecule has 1 heterocycles. The maximum atomic E-state index is 5.53. The molecule has 66 valence electrons. The number of allylic oxidation sites excluding steroid dienone is 2. The molecule has 0 amide bonds. The van der Waals surface area contributed by atoms with Gasteiger partial charge in [-0.3, -0.25) is 0 Å². The van der Waals surface area contributed by atoms with Crippen molar-refractivity contribution >= 4 is 12.6 Å². The summed E-state index contributed by atoms with van der Waals surface area (Å²) in [6, 6.07) is 0. The fourth-order valence-electron chi connectivity index (χ4n) is 1.15. The molecule has 0 bridgehead atoms. The number of hydrogen-bond donors (Lipinski definition) is 2. The molecule has 0 fully saturated rings. The maximum Gasteiger partial charge on any atom is 0.0650 e. The highest BCUT2D eigenvalue weighted by Crippen LogP contribution is 2.18. The van der Waals surface area contributed by atoms with Crippen LogP contribution in [0.2, 0.25) is 0 Å². The van der Waals surface area contributed by atoms with Crippen LogP contribution in [0.1, 0.15) is 12.8 Å². The van der Waals surface area contributed by atoms with Crippen LogP contribution < -0.4 is 5.73 Å². The van der Waals surface area contributed by atoms with Crippen LogP contribution in [0, 0.1) is 0 Å². The Kier molecular flexibility index (Phi) is 3.29. The summed E-state index contributed by atoms with van der Waals surface area (Å²) in [6.45, 7) is 3.68. The first kappa shape index (κ1) is 9.26. The Hall–Kier alpha value is -0.830. The van der Waals surface area contributed by atoms with Gasteiger partial charge in [0.15, 0.2) is 0 Å². The summed E-state index contributed by atoms with van der Waals surface area (Å²) in [5.74, 6) is 0.690. The second kappa shape index (κ2) is 4.26. The van der Waals surface area contributed by atoms with E-state index in [1.807, 2.05) is 6.20 Å². The molecular weight excluding hydrogens is 168 g/mol. The lowest BCUT2D eigenvalue weighted by Gasteiger charge is -2.24. The lowest BCUT2D eigenvalue weighted by Crippen LogP contribution is -2.18. The molecule has 0 spiro atoms. The van der Waals surface area contributed by atoms with E-state index in [9.17, 15) is 0 Å². The van der Waals surface area contributed by atoms with E-state index < -0.39 is 0 Å². The van der Waals surface area contributed by atoms with Crippen molar-refractivity contribution in [2.45, 2.75) is 12.8 Å². The average molecular weight is 182 g/mol. The first-order valence-electron chi connectivity index (χ1n) is 3.90. The third-order valence-electron chi connectivity index (χ3n) is 1.70. The molecule has 2 N–H and O–H groups in total. The zero-order chi connectivity index (χ0) is 8.97. The second-order valence-electron chi connectivity index (χ2n) is 2.76. The molecule has 12 heavy (non-hydrogen) atoms. The van der Waals surface area contributed by atoms with Crippen LogP contribution in [-0.4, -0.2) is 10.8 Å². The van der Waals surface area contributed by atoms with Gasteiger partial charge in [-0.25, -0.2) is 0 Å². The normalized spacial score (nSPS) is 16.1. The van der Waals surface area contributed by atoms with Gasteiger partial charge >= 0.3 is 0 Å². The summed E-state index contributed by atoms with van der Waals surface area (Å²) in [5, 5.41) is 0. The van der Waals surface area contributed by atoms with Gasteiger partial charge in [-0.1, -0.05) is 18.7 Å². The molecule has 0 saturated heterocycles. The van der Waals surface area contributed by atoms with E-state index >= 15 is 0 Å². The quantitative estimate of drug-likeness (QED) is 0.652. The molecule has 1 aliphatic rings. The Morgan fingerprint density at radius 2 is 2.50 bits per heavy atom. The van der Waals surface area contributed by atoms with Gasteiger partial charge < -0.3 is 10.6 Å². The van der Waals surface area contributed by atoms with Crippen molar-refractivity contribution in [3.63, 3.8) is 0 Å². The summed E-state index contributed by atoms with van der Waals surface area (Å²) < 4.78 is 0. The van der Waals surface area contributed by atoms with E-state index in [0.717, 1.165) is 12.8 Å². The summed E-state index contributed by atoms with van der Waals surface area (Å²) in [6.07, 6.45) is 8.00. The number of hydrogen-bond acceptors (Lipinski definition) is 3. The first-order valence-corrected chi connectivity index (χ1v) is 4.53. The standard InChI is InChI=1S/C9H14N2S/c1-8(10)6-9-4-2-3-5-11(9)7-12/h3-5,12H,1-2,6-7,10H2. The van der Waals surface area contributed by atoms with Gasteiger partial charge in [0.2, 0.25) is 0 Å². The van der Waals surface area contributed by atoms with Crippen LogP contribution in [0.15, 0.2) is 36.3 Å². The molecule has 0 aromatic rings. The zero-order valence-corrected chi connectivity index (χ0v) is 7.93. The Morgan fingerprint density at radius 3 is 3.08 bits per heavy atom. The van der Waals surface area contributed by atoms with E-state index in [1.165, 1.54) is 5.70 Å². The Bertz CT molecular complexity index is 231. The van der Waals surface area contributed by atoms with Crippen molar-refractivity contribution in [3.05, 3.63) is 36.3 Å². The monoisotopic (exact) mass is 182 g/mol. The molecule has 0 unspecified atom stereocenters. The number of nitrogens with zero attached hydrogens (tertiary/aromatic N) is 1. The summed E-state index contributed by atoms with van der Waals surface area (Å²) in [5.41, 5.74) is 7.42. The maximum absolute atomic E-state index is 5.53. The molecule has 0 aromatic heterocycles. The molecule has 3 heteroatoms. The van der Waals surface area contributed by atoms with Crippen molar-refractivity contribution < 1.29 is 0 Å². The predicted octanol–water partition coefficient (Wildman–Crippen LogP) is 1.84. The molecule has 1 rings (SSSR count). The van der Waals surface area contributed by atoms with Crippen LogP contribution in [0.4, 0.5) is 0 Å². The zero-order valence-electron chi connectivity index (χ0n) is 7.03. The van der Waals surface area contributed by atoms with Crippen LogP contribution in [0.5, 0.6) is 0 Å². The molecule has 0 aliphatic carbocycles. The Labute approximate surface area is 78.8 Å². The number of rotatable bonds is 3. The fraction of sp³-hybridized carbons (Fsp3) is 0.333. The molecule has 2 nitrogen and oxygen atoms in total. The lowest BCUT2D eigenvalue weighted by atomic mass is 10.1.